The van der Waals surface area contributed by atoms with Gasteiger partial charge in [0.15, 0.2) is 0 Å². The molecule has 0 saturated carbocycles. The molecule has 64 valence electrons. The van der Waals surface area contributed by atoms with Gasteiger partial charge in [-0.2, -0.15) is 0 Å². The molecule has 1 aliphatic heterocycles. The quantitative estimate of drug-likeness (QED) is 0.602. The number of rotatable bonds is 2. The van der Waals surface area contributed by atoms with Crippen molar-refractivity contribution in [3.8, 4) is 12.3 Å². The van der Waals surface area contributed by atoms with E-state index >= 15 is 0 Å². The van der Waals surface area contributed by atoms with Gasteiger partial charge in [0.1, 0.15) is 0 Å². The highest BCUT2D eigenvalue weighted by Crippen LogP contribution is 2.09. The summed E-state index contributed by atoms with van der Waals surface area (Å²) in [7, 11) is 0. The Morgan fingerprint density at radius 3 is 3.17 bits per heavy atom. The second-order valence-electron chi connectivity index (χ2n) is 2.63. The van der Waals surface area contributed by atoms with Crippen LogP contribution in [0.5, 0.6) is 0 Å². The maximum absolute atomic E-state index is 11.3. The number of nitrogens with one attached hydrogen (secondary N) is 1. The van der Waals surface area contributed by atoms with Crippen molar-refractivity contribution in [1.82, 2.24) is 5.32 Å². The van der Waals surface area contributed by atoms with Gasteiger partial charge in [0.2, 0.25) is 0 Å². The van der Waals surface area contributed by atoms with Crippen molar-refractivity contribution < 1.29 is 9.53 Å². The van der Waals surface area contributed by atoms with Crippen molar-refractivity contribution in [1.29, 1.82) is 0 Å². The normalized spacial score (nSPS) is 17.2. The predicted octanol–water partition coefficient (Wildman–Crippen LogP) is 0.428. The van der Waals surface area contributed by atoms with E-state index in [9.17, 15) is 4.79 Å². The molecule has 0 radical (unpaired) electrons. The summed E-state index contributed by atoms with van der Waals surface area (Å²) in [5.41, 5.74) is 0.664. The molecule has 0 bridgehead atoms. The number of ether oxygens (including phenoxy) is 1. The molecule has 0 fully saturated rings. The predicted molar refractivity (Wildman–Crippen MR) is 45.1 cm³/mol. The summed E-state index contributed by atoms with van der Waals surface area (Å²) in [6, 6.07) is -0.223. The van der Waals surface area contributed by atoms with Gasteiger partial charge in [0, 0.05) is 6.42 Å². The first-order chi connectivity index (χ1) is 5.74. The molecule has 1 atom stereocenters. The highest BCUT2D eigenvalue weighted by Gasteiger charge is 2.15. The minimum atomic E-state index is -0.223. The molecule has 1 aliphatic rings. The van der Waals surface area contributed by atoms with E-state index in [1.165, 1.54) is 6.26 Å². The monoisotopic (exact) mass is 165 g/mol. The highest BCUT2D eigenvalue weighted by molar-refractivity contribution is 5.93. The lowest BCUT2D eigenvalue weighted by Crippen LogP contribution is -2.32. The molecule has 0 aromatic rings. The first-order valence-corrected chi connectivity index (χ1v) is 3.81. The summed E-state index contributed by atoms with van der Waals surface area (Å²) in [5.74, 6) is 2.29. The molecule has 0 aromatic carbocycles. The Hall–Kier alpha value is -1.43. The van der Waals surface area contributed by atoms with Crippen LogP contribution in [0, 0.1) is 12.3 Å². The number of hydrogen-bond donors (Lipinski definition) is 1. The fourth-order valence-electron chi connectivity index (χ4n) is 0.885. The average Bonchev–Trinajstić information content (AvgIpc) is 2.56. The van der Waals surface area contributed by atoms with Gasteiger partial charge < -0.3 is 10.1 Å². The zero-order valence-electron chi connectivity index (χ0n) is 6.96. The number of terminal acetylenes is 1. The Kier molecular flexibility index (Phi) is 2.76. The van der Waals surface area contributed by atoms with Gasteiger partial charge in [-0.25, -0.2) is 0 Å². The zero-order valence-corrected chi connectivity index (χ0v) is 6.96. The van der Waals surface area contributed by atoms with E-state index in [1.54, 1.807) is 6.92 Å². The van der Waals surface area contributed by atoms with Gasteiger partial charge in [-0.1, -0.05) is 5.92 Å². The smallest absolute Gasteiger partial charge is 0.251 e. The van der Waals surface area contributed by atoms with Crippen molar-refractivity contribution >= 4 is 5.91 Å². The largest absolute Gasteiger partial charge is 0.500 e. The van der Waals surface area contributed by atoms with E-state index in [1.807, 2.05) is 0 Å². The fraction of sp³-hybridized carbons (Fsp3) is 0.444. The van der Waals surface area contributed by atoms with Crippen LogP contribution in [0.3, 0.4) is 0 Å². The van der Waals surface area contributed by atoms with Crippen LogP contribution in [0.2, 0.25) is 0 Å². The van der Waals surface area contributed by atoms with Crippen LogP contribution >= 0.6 is 0 Å². The van der Waals surface area contributed by atoms with Crippen LogP contribution in [-0.2, 0) is 9.53 Å². The number of carbonyl (C=O) groups excluding carboxylic acids is 1. The molecule has 0 aromatic heterocycles. The first kappa shape index (κ1) is 8.66. The molecular weight excluding hydrogens is 154 g/mol. The second-order valence-corrected chi connectivity index (χ2v) is 2.63. The Balaban J connectivity index is 2.44. The lowest BCUT2D eigenvalue weighted by Gasteiger charge is -2.06. The number of hydrogen-bond acceptors (Lipinski definition) is 2. The summed E-state index contributed by atoms with van der Waals surface area (Å²) in [6.45, 7) is 2.35. The molecule has 12 heavy (non-hydrogen) atoms. The Bertz CT molecular complexity index is 250. The molecule has 1 heterocycles. The molecular formula is C9H11NO2. The van der Waals surface area contributed by atoms with Crippen LogP contribution in [-0.4, -0.2) is 18.6 Å². The van der Waals surface area contributed by atoms with Gasteiger partial charge in [-0.05, 0) is 6.92 Å². The van der Waals surface area contributed by atoms with E-state index in [4.69, 9.17) is 11.2 Å². The summed E-state index contributed by atoms with van der Waals surface area (Å²) in [4.78, 5) is 11.3. The maximum Gasteiger partial charge on any atom is 0.251 e. The summed E-state index contributed by atoms with van der Waals surface area (Å²) < 4.78 is 4.92. The lowest BCUT2D eigenvalue weighted by atomic mass is 10.2. The Morgan fingerprint density at radius 2 is 2.67 bits per heavy atom. The van der Waals surface area contributed by atoms with Crippen molar-refractivity contribution in [2.75, 3.05) is 6.61 Å². The topological polar surface area (TPSA) is 38.3 Å². The second kappa shape index (κ2) is 3.82. The van der Waals surface area contributed by atoms with Crippen molar-refractivity contribution in [3.63, 3.8) is 0 Å². The van der Waals surface area contributed by atoms with Crippen LogP contribution in [0.15, 0.2) is 11.8 Å². The molecule has 1 rings (SSSR count). The summed E-state index contributed by atoms with van der Waals surface area (Å²) in [6.07, 6.45) is 7.26. The number of carbonyl (C=O) groups is 1. The third-order valence-electron chi connectivity index (χ3n) is 1.60. The van der Waals surface area contributed by atoms with E-state index in [0.717, 1.165) is 0 Å². The van der Waals surface area contributed by atoms with Gasteiger partial charge in [-0.15, -0.1) is 6.42 Å². The van der Waals surface area contributed by atoms with E-state index in [0.29, 0.717) is 18.6 Å². The van der Waals surface area contributed by atoms with Gasteiger partial charge in [0.05, 0.1) is 24.5 Å². The van der Waals surface area contributed by atoms with E-state index in [2.05, 4.69) is 11.2 Å². The number of amides is 1. The third kappa shape index (κ3) is 2.03. The Morgan fingerprint density at radius 1 is 1.92 bits per heavy atom. The summed E-state index contributed by atoms with van der Waals surface area (Å²) in [5, 5.41) is 2.65. The molecule has 0 aliphatic carbocycles. The first-order valence-electron chi connectivity index (χ1n) is 3.81. The van der Waals surface area contributed by atoms with Crippen molar-refractivity contribution in [3.05, 3.63) is 11.8 Å². The van der Waals surface area contributed by atoms with Crippen molar-refractivity contribution in [2.24, 2.45) is 0 Å². The van der Waals surface area contributed by atoms with Crippen molar-refractivity contribution in [2.45, 2.75) is 19.4 Å². The summed E-state index contributed by atoms with van der Waals surface area (Å²) >= 11 is 0. The van der Waals surface area contributed by atoms with Gasteiger partial charge >= 0.3 is 0 Å². The maximum atomic E-state index is 11.3. The molecule has 0 saturated heterocycles. The van der Waals surface area contributed by atoms with Crippen LogP contribution in [0.4, 0.5) is 0 Å². The van der Waals surface area contributed by atoms with Crippen LogP contribution < -0.4 is 5.32 Å². The standard InChI is InChI=1S/C9H11NO2/c1-3-7(2)10-9(11)8-4-5-12-6-8/h1,6-7H,4-5H2,2H3,(H,10,11). The van der Waals surface area contributed by atoms with Gasteiger partial charge in [0.25, 0.3) is 5.91 Å². The highest BCUT2D eigenvalue weighted by atomic mass is 16.5. The third-order valence-corrected chi connectivity index (χ3v) is 1.60. The SMILES string of the molecule is C#CC(C)NC(=O)C1=COCC1. The average molecular weight is 165 g/mol. The van der Waals surface area contributed by atoms with Crippen LogP contribution in [0.1, 0.15) is 13.3 Å². The van der Waals surface area contributed by atoms with E-state index in [-0.39, 0.29) is 11.9 Å². The fourth-order valence-corrected chi connectivity index (χ4v) is 0.885. The molecule has 3 nitrogen and oxygen atoms in total. The molecule has 0 spiro atoms. The minimum Gasteiger partial charge on any atom is -0.500 e. The lowest BCUT2D eigenvalue weighted by molar-refractivity contribution is -0.117. The zero-order chi connectivity index (χ0) is 8.97. The Labute approximate surface area is 71.8 Å². The van der Waals surface area contributed by atoms with E-state index < -0.39 is 0 Å². The molecule has 1 N–H and O–H groups in total. The van der Waals surface area contributed by atoms with Crippen LogP contribution in [0.25, 0.3) is 0 Å². The van der Waals surface area contributed by atoms with Gasteiger partial charge in [-0.3, -0.25) is 4.79 Å². The molecule has 3 heteroatoms. The molecule has 1 unspecified atom stereocenters. The molecule has 1 amide bonds. The minimum absolute atomic E-state index is 0.127.